The summed E-state index contributed by atoms with van der Waals surface area (Å²) in [5.41, 5.74) is 0.908. The fourth-order valence-corrected chi connectivity index (χ4v) is 3.32. The zero-order chi connectivity index (χ0) is 22.1. The number of likely N-dealkylation sites (tertiary alicyclic amines) is 1. The van der Waals surface area contributed by atoms with Gasteiger partial charge in [-0.1, -0.05) is 0 Å². The molecule has 1 saturated heterocycles. The van der Waals surface area contributed by atoms with E-state index in [9.17, 15) is 4.79 Å². The molecule has 1 aliphatic heterocycles. The number of guanidine groups is 1. The molecule has 1 aromatic carbocycles. The quantitative estimate of drug-likeness (QED) is 0.272. The summed E-state index contributed by atoms with van der Waals surface area (Å²) in [5.74, 6) is 2.82. The van der Waals surface area contributed by atoms with E-state index in [1.54, 1.807) is 12.0 Å². The van der Waals surface area contributed by atoms with Crippen molar-refractivity contribution in [3.63, 3.8) is 0 Å². The van der Waals surface area contributed by atoms with Crippen molar-refractivity contribution in [2.45, 2.75) is 39.3 Å². The monoisotopic (exact) mass is 557 g/mol. The molecule has 1 aliphatic rings. The SMILES string of the molecule is CCNC(=NCc1nc(-c2ccc(OC)cc2)n[nH]1)NC1CCN(C(=O)OCC)CC1.I. The molecule has 2 heterocycles. The predicted molar refractivity (Wildman–Crippen MR) is 133 cm³/mol. The lowest BCUT2D eigenvalue weighted by Crippen LogP contribution is -2.49. The minimum absolute atomic E-state index is 0. The van der Waals surface area contributed by atoms with E-state index in [1.807, 2.05) is 38.1 Å². The first kappa shape index (κ1) is 25.7. The molecule has 0 spiro atoms. The molecule has 3 rings (SSSR count). The number of hydrogen-bond donors (Lipinski definition) is 3. The second kappa shape index (κ2) is 13.1. The summed E-state index contributed by atoms with van der Waals surface area (Å²) in [6, 6.07) is 7.84. The van der Waals surface area contributed by atoms with Gasteiger partial charge in [-0.15, -0.1) is 24.0 Å². The first-order valence-corrected chi connectivity index (χ1v) is 10.6. The highest BCUT2D eigenvalue weighted by Crippen LogP contribution is 2.19. The first-order chi connectivity index (χ1) is 15.1. The third-order valence-electron chi connectivity index (χ3n) is 4.97. The summed E-state index contributed by atoms with van der Waals surface area (Å²) >= 11 is 0. The lowest BCUT2D eigenvalue weighted by molar-refractivity contribution is 0.0963. The molecule has 1 aromatic heterocycles. The number of nitrogens with one attached hydrogen (secondary N) is 3. The number of hydrogen-bond acceptors (Lipinski definition) is 6. The molecular weight excluding hydrogens is 525 g/mol. The maximum absolute atomic E-state index is 11.9. The van der Waals surface area contributed by atoms with E-state index >= 15 is 0 Å². The van der Waals surface area contributed by atoms with Crippen LogP contribution in [0.5, 0.6) is 5.75 Å². The van der Waals surface area contributed by atoms with Crippen molar-refractivity contribution in [1.82, 2.24) is 30.7 Å². The Morgan fingerprint density at radius 3 is 2.59 bits per heavy atom. The van der Waals surface area contributed by atoms with Gasteiger partial charge < -0.3 is 25.0 Å². The van der Waals surface area contributed by atoms with Crippen molar-refractivity contribution in [3.05, 3.63) is 30.1 Å². The number of methoxy groups -OCH3 is 1. The van der Waals surface area contributed by atoms with Crippen molar-refractivity contribution < 1.29 is 14.3 Å². The summed E-state index contributed by atoms with van der Waals surface area (Å²) in [4.78, 5) is 22.8. The number of carbonyl (C=O) groups is 1. The highest BCUT2D eigenvalue weighted by molar-refractivity contribution is 14.0. The number of nitrogens with zero attached hydrogens (tertiary/aromatic N) is 4. The minimum Gasteiger partial charge on any atom is -0.497 e. The maximum Gasteiger partial charge on any atom is 0.409 e. The molecule has 0 bridgehead atoms. The molecule has 0 unspecified atom stereocenters. The number of halogens is 1. The van der Waals surface area contributed by atoms with Crippen LogP contribution in [0, 0.1) is 0 Å². The van der Waals surface area contributed by atoms with Crippen LogP contribution in [0.15, 0.2) is 29.3 Å². The molecule has 1 amide bonds. The van der Waals surface area contributed by atoms with Crippen molar-refractivity contribution >= 4 is 36.0 Å². The summed E-state index contributed by atoms with van der Waals surface area (Å²) in [5, 5.41) is 14.0. The van der Waals surface area contributed by atoms with E-state index in [0.717, 1.165) is 36.7 Å². The number of ether oxygens (including phenoxy) is 2. The first-order valence-electron chi connectivity index (χ1n) is 10.6. The van der Waals surface area contributed by atoms with Crippen LogP contribution in [0.4, 0.5) is 4.79 Å². The zero-order valence-corrected chi connectivity index (χ0v) is 21.1. The van der Waals surface area contributed by atoms with Crippen LogP contribution in [-0.4, -0.2) is 71.5 Å². The van der Waals surface area contributed by atoms with Gasteiger partial charge in [0, 0.05) is 31.2 Å². The number of rotatable bonds is 7. The molecule has 11 heteroatoms. The third kappa shape index (κ3) is 7.24. The second-order valence-electron chi connectivity index (χ2n) is 7.13. The lowest BCUT2D eigenvalue weighted by atomic mass is 10.1. The Labute approximate surface area is 205 Å². The lowest BCUT2D eigenvalue weighted by Gasteiger charge is -2.32. The van der Waals surface area contributed by atoms with E-state index in [1.165, 1.54) is 0 Å². The van der Waals surface area contributed by atoms with Crippen LogP contribution in [0.1, 0.15) is 32.5 Å². The van der Waals surface area contributed by atoms with E-state index in [-0.39, 0.29) is 36.1 Å². The van der Waals surface area contributed by atoms with Gasteiger partial charge in [0.2, 0.25) is 0 Å². The molecule has 3 N–H and O–H groups in total. The summed E-state index contributed by atoms with van der Waals surface area (Å²) in [6.07, 6.45) is 1.44. The van der Waals surface area contributed by atoms with Gasteiger partial charge >= 0.3 is 6.09 Å². The molecule has 176 valence electrons. The Kier molecular flexibility index (Phi) is 10.5. The van der Waals surface area contributed by atoms with Crippen molar-refractivity contribution in [1.29, 1.82) is 0 Å². The van der Waals surface area contributed by atoms with Gasteiger partial charge in [-0.2, -0.15) is 5.10 Å². The van der Waals surface area contributed by atoms with Crippen LogP contribution in [-0.2, 0) is 11.3 Å². The minimum atomic E-state index is -0.237. The van der Waals surface area contributed by atoms with Crippen LogP contribution >= 0.6 is 24.0 Å². The van der Waals surface area contributed by atoms with Crippen molar-refractivity contribution in [2.24, 2.45) is 4.99 Å². The predicted octanol–water partition coefficient (Wildman–Crippen LogP) is 2.77. The molecule has 32 heavy (non-hydrogen) atoms. The summed E-state index contributed by atoms with van der Waals surface area (Å²) < 4.78 is 10.3. The molecule has 2 aromatic rings. The zero-order valence-electron chi connectivity index (χ0n) is 18.8. The number of piperidine rings is 1. The Morgan fingerprint density at radius 2 is 1.97 bits per heavy atom. The molecule has 0 radical (unpaired) electrons. The Hall–Kier alpha value is -2.57. The van der Waals surface area contributed by atoms with Crippen LogP contribution < -0.4 is 15.4 Å². The van der Waals surface area contributed by atoms with Gasteiger partial charge in [0.25, 0.3) is 0 Å². The largest absolute Gasteiger partial charge is 0.497 e. The van der Waals surface area contributed by atoms with Gasteiger partial charge in [-0.3, -0.25) is 5.10 Å². The molecule has 0 atom stereocenters. The number of amides is 1. The van der Waals surface area contributed by atoms with Gasteiger partial charge in [-0.05, 0) is 51.0 Å². The molecular formula is C21H32IN7O3. The molecule has 0 aliphatic carbocycles. The van der Waals surface area contributed by atoms with Gasteiger partial charge in [-0.25, -0.2) is 14.8 Å². The average molecular weight is 557 g/mol. The van der Waals surface area contributed by atoms with Gasteiger partial charge in [0.05, 0.1) is 13.7 Å². The number of carbonyl (C=O) groups excluding carboxylic acids is 1. The highest BCUT2D eigenvalue weighted by atomic mass is 127. The molecule has 1 fully saturated rings. The summed E-state index contributed by atoms with van der Waals surface area (Å²) in [7, 11) is 1.64. The van der Waals surface area contributed by atoms with Crippen LogP contribution in [0.2, 0.25) is 0 Å². The van der Waals surface area contributed by atoms with Crippen LogP contribution in [0.25, 0.3) is 11.4 Å². The number of aromatic amines is 1. The smallest absolute Gasteiger partial charge is 0.409 e. The number of benzene rings is 1. The van der Waals surface area contributed by atoms with Crippen molar-refractivity contribution in [3.8, 4) is 17.1 Å². The van der Waals surface area contributed by atoms with E-state index < -0.39 is 0 Å². The highest BCUT2D eigenvalue weighted by Gasteiger charge is 2.24. The average Bonchev–Trinajstić information content (AvgIpc) is 3.27. The fourth-order valence-electron chi connectivity index (χ4n) is 3.32. The van der Waals surface area contributed by atoms with E-state index in [0.29, 0.717) is 37.9 Å². The van der Waals surface area contributed by atoms with Gasteiger partial charge in [0.15, 0.2) is 11.8 Å². The van der Waals surface area contributed by atoms with Crippen molar-refractivity contribution in [2.75, 3.05) is 33.4 Å². The number of H-pyrrole nitrogens is 1. The summed E-state index contributed by atoms with van der Waals surface area (Å²) in [6.45, 7) is 6.71. The third-order valence-corrected chi connectivity index (χ3v) is 4.97. The van der Waals surface area contributed by atoms with E-state index in [2.05, 4.69) is 30.8 Å². The molecule has 0 saturated carbocycles. The Morgan fingerprint density at radius 1 is 1.25 bits per heavy atom. The Bertz CT molecular complexity index is 865. The fraction of sp³-hybridized carbons (Fsp3) is 0.524. The standard InChI is InChI=1S/C21H31N7O3.HI/c1-4-22-20(24-16-10-12-28(13-11-16)21(29)31-5-2)23-14-18-25-19(27-26-18)15-6-8-17(30-3)9-7-15;/h6-9,16H,4-5,10-14H2,1-3H3,(H2,22,23,24)(H,25,26,27);1H. The number of aromatic nitrogens is 3. The number of aliphatic imine (C=N–C) groups is 1. The van der Waals surface area contributed by atoms with E-state index in [4.69, 9.17) is 9.47 Å². The van der Waals surface area contributed by atoms with Crippen LogP contribution in [0.3, 0.4) is 0 Å². The maximum atomic E-state index is 11.9. The van der Waals surface area contributed by atoms with Gasteiger partial charge in [0.1, 0.15) is 18.1 Å². The second-order valence-corrected chi connectivity index (χ2v) is 7.13. The molecule has 10 nitrogen and oxygen atoms in total. The topological polar surface area (TPSA) is 117 Å². The Balaban J connectivity index is 0.00000363. The normalized spacial score (nSPS) is 14.5.